The standard InChI is InChI=1S/C18H20N2O3.ClH/c19-20-14-10-18(5-7-23-8-6-18)11-15(20)17(14)13-3-1-12(2-4-13)9-16(21)22;/h1-4,14H,5-11H2,(H,21,22);1H. The number of carboxylic acids is 1. The van der Waals surface area contributed by atoms with Gasteiger partial charge in [0.2, 0.25) is 0 Å². The first-order valence-corrected chi connectivity index (χ1v) is 8.18. The van der Waals surface area contributed by atoms with E-state index in [0.717, 1.165) is 55.7 Å². The second-order valence-corrected chi connectivity index (χ2v) is 6.98. The number of aliphatic carboxylic acids is 1. The zero-order valence-electron chi connectivity index (χ0n) is 13.4. The van der Waals surface area contributed by atoms with Crippen LogP contribution >= 0.6 is 12.4 Å². The molecule has 0 amide bonds. The number of carboxylic acid groups (broad SMARTS) is 1. The fourth-order valence-electron chi connectivity index (χ4n) is 4.28. The highest BCUT2D eigenvalue weighted by Crippen LogP contribution is 2.55. The topological polar surface area (TPSA) is 71.8 Å². The van der Waals surface area contributed by atoms with Gasteiger partial charge in [0.1, 0.15) is 0 Å². The van der Waals surface area contributed by atoms with Crippen LogP contribution in [0.15, 0.2) is 30.0 Å². The number of rotatable bonds is 3. The van der Waals surface area contributed by atoms with Gasteiger partial charge in [-0.2, -0.15) is 0 Å². The summed E-state index contributed by atoms with van der Waals surface area (Å²) in [5.74, 6) is -0.816. The van der Waals surface area contributed by atoms with Crippen LogP contribution in [0.5, 0.6) is 0 Å². The van der Waals surface area contributed by atoms with Crippen LogP contribution in [0.2, 0.25) is 0 Å². The molecule has 128 valence electrons. The Kier molecular flexibility index (Phi) is 4.49. The molecule has 0 radical (unpaired) electrons. The Labute approximate surface area is 147 Å². The minimum absolute atomic E-state index is 0. The van der Waals surface area contributed by atoms with Gasteiger partial charge in [-0.15, -0.1) is 12.4 Å². The summed E-state index contributed by atoms with van der Waals surface area (Å²) < 4.78 is 6.92. The number of nitrogens with zero attached hydrogens (tertiary/aromatic N) is 2. The molecule has 1 spiro atoms. The average molecular weight is 349 g/mol. The highest BCUT2D eigenvalue weighted by atomic mass is 35.5. The van der Waals surface area contributed by atoms with Gasteiger partial charge in [0.25, 0.3) is 0 Å². The molecule has 0 saturated carbocycles. The Morgan fingerprint density at radius 1 is 1.29 bits per heavy atom. The van der Waals surface area contributed by atoms with Crippen molar-refractivity contribution in [2.45, 2.75) is 38.1 Å². The lowest BCUT2D eigenvalue weighted by Gasteiger charge is -2.49. The van der Waals surface area contributed by atoms with Crippen molar-refractivity contribution in [3.05, 3.63) is 46.6 Å². The van der Waals surface area contributed by atoms with Crippen LogP contribution in [-0.4, -0.2) is 35.0 Å². The van der Waals surface area contributed by atoms with E-state index in [2.05, 4.69) is 0 Å². The molecule has 1 aliphatic carbocycles. The molecule has 2 bridgehead atoms. The second-order valence-electron chi connectivity index (χ2n) is 6.98. The van der Waals surface area contributed by atoms with Gasteiger partial charge in [-0.3, -0.25) is 9.49 Å². The highest BCUT2D eigenvalue weighted by Gasteiger charge is 2.54. The molecule has 24 heavy (non-hydrogen) atoms. The zero-order valence-corrected chi connectivity index (χ0v) is 14.2. The van der Waals surface area contributed by atoms with Crippen LogP contribution in [-0.2, 0) is 16.0 Å². The molecule has 1 aromatic rings. The molecule has 3 aliphatic heterocycles. The number of hydrogen-bond donors (Lipinski definition) is 1. The molecular weight excluding hydrogens is 328 g/mol. The van der Waals surface area contributed by atoms with E-state index in [1.807, 2.05) is 24.3 Å². The third kappa shape index (κ3) is 2.76. The number of halogens is 1. The third-order valence-corrected chi connectivity index (χ3v) is 5.56. The summed E-state index contributed by atoms with van der Waals surface area (Å²) in [6.07, 6.45) is 4.08. The summed E-state index contributed by atoms with van der Waals surface area (Å²) in [6.45, 7) is 1.65. The Bertz CT molecular complexity index is 705. The van der Waals surface area contributed by atoms with Gasteiger partial charge in [0.05, 0.1) is 12.0 Å². The predicted molar refractivity (Wildman–Crippen MR) is 91.1 cm³/mol. The van der Waals surface area contributed by atoms with Gasteiger partial charge in [-0.25, -0.2) is 0 Å². The fourth-order valence-corrected chi connectivity index (χ4v) is 4.28. The maximum Gasteiger partial charge on any atom is 0.307 e. The van der Waals surface area contributed by atoms with E-state index in [1.54, 1.807) is 0 Å². The number of allylic oxidation sites excluding steroid dienone is 1. The van der Waals surface area contributed by atoms with Crippen molar-refractivity contribution >= 4 is 23.9 Å². The SMILES string of the molecule is Cl.[N-]=[N+]1C2=C(c3ccc(CC(=O)O)cc3)C1CC1(CCOCC1)C2. The van der Waals surface area contributed by atoms with Crippen molar-refractivity contribution in [3.63, 3.8) is 0 Å². The first kappa shape index (κ1) is 17.1. The maximum absolute atomic E-state index is 10.8. The van der Waals surface area contributed by atoms with Gasteiger partial charge < -0.3 is 15.4 Å². The summed E-state index contributed by atoms with van der Waals surface area (Å²) in [6, 6.07) is 7.78. The molecule has 2 fully saturated rings. The van der Waals surface area contributed by atoms with Crippen LogP contribution in [0.3, 0.4) is 0 Å². The lowest BCUT2D eigenvalue weighted by atomic mass is 9.62. The summed E-state index contributed by atoms with van der Waals surface area (Å²) in [5.41, 5.74) is 14.7. The Hall–Kier alpha value is -1.72. The first-order valence-electron chi connectivity index (χ1n) is 8.18. The Morgan fingerprint density at radius 3 is 2.50 bits per heavy atom. The third-order valence-electron chi connectivity index (χ3n) is 5.56. The zero-order chi connectivity index (χ0) is 16.0. The largest absolute Gasteiger partial charge is 0.500 e. The summed E-state index contributed by atoms with van der Waals surface area (Å²) in [4.78, 5) is 10.8. The van der Waals surface area contributed by atoms with Gasteiger partial charge in [-0.1, -0.05) is 24.3 Å². The van der Waals surface area contributed by atoms with Gasteiger partial charge in [0, 0.05) is 26.1 Å². The van der Waals surface area contributed by atoms with Crippen molar-refractivity contribution in [3.8, 4) is 0 Å². The van der Waals surface area contributed by atoms with E-state index in [0.29, 0.717) is 5.41 Å². The molecule has 5 nitrogen and oxygen atoms in total. The molecule has 1 aromatic carbocycles. The lowest BCUT2D eigenvalue weighted by molar-refractivity contribution is -0.567. The van der Waals surface area contributed by atoms with Crippen LogP contribution in [0.1, 0.15) is 36.8 Å². The maximum atomic E-state index is 10.8. The van der Waals surface area contributed by atoms with E-state index in [9.17, 15) is 10.3 Å². The summed E-state index contributed by atoms with van der Waals surface area (Å²) >= 11 is 0. The van der Waals surface area contributed by atoms with Crippen molar-refractivity contribution in [2.24, 2.45) is 5.41 Å². The lowest BCUT2D eigenvalue weighted by Crippen LogP contribution is -2.49. The van der Waals surface area contributed by atoms with E-state index in [-0.39, 0.29) is 24.9 Å². The van der Waals surface area contributed by atoms with Gasteiger partial charge in [0.15, 0.2) is 11.7 Å². The van der Waals surface area contributed by atoms with E-state index in [1.165, 1.54) is 10.3 Å². The molecule has 6 heteroatoms. The summed E-state index contributed by atoms with van der Waals surface area (Å²) in [7, 11) is 0. The predicted octanol–water partition coefficient (Wildman–Crippen LogP) is 3.45. The molecule has 2 saturated heterocycles. The molecule has 1 N–H and O–H groups in total. The number of piperidine rings is 1. The van der Waals surface area contributed by atoms with Crippen molar-refractivity contribution in [1.82, 2.24) is 0 Å². The van der Waals surface area contributed by atoms with Crippen LogP contribution in [0.4, 0.5) is 0 Å². The minimum atomic E-state index is -0.816. The molecule has 5 rings (SSSR count). The van der Waals surface area contributed by atoms with Crippen LogP contribution < -0.4 is 0 Å². The van der Waals surface area contributed by atoms with Crippen molar-refractivity contribution < 1.29 is 19.3 Å². The number of ether oxygens (including phenoxy) is 1. The second kappa shape index (κ2) is 6.30. The smallest absolute Gasteiger partial charge is 0.307 e. The van der Waals surface area contributed by atoms with E-state index < -0.39 is 5.97 Å². The van der Waals surface area contributed by atoms with Crippen LogP contribution in [0, 0.1) is 5.41 Å². The molecule has 4 aliphatic rings. The molecular formula is C18H21ClN2O3. The van der Waals surface area contributed by atoms with Gasteiger partial charge in [-0.05, 0) is 29.4 Å². The normalized spacial score (nSPS) is 24.3. The highest BCUT2D eigenvalue weighted by molar-refractivity contribution is 5.85. The minimum Gasteiger partial charge on any atom is -0.500 e. The molecule has 3 heterocycles. The number of hydrogen-bond acceptors (Lipinski definition) is 2. The quantitative estimate of drug-likeness (QED) is 0.850. The monoisotopic (exact) mass is 348 g/mol. The van der Waals surface area contributed by atoms with Crippen molar-refractivity contribution in [2.75, 3.05) is 13.2 Å². The van der Waals surface area contributed by atoms with Gasteiger partial charge >= 0.3 is 5.97 Å². The Morgan fingerprint density at radius 2 is 1.96 bits per heavy atom. The fraction of sp³-hybridized carbons (Fsp3) is 0.500. The molecule has 1 atom stereocenters. The number of carbonyl (C=O) groups is 1. The summed E-state index contributed by atoms with van der Waals surface area (Å²) in [5, 5.41) is 8.85. The first-order chi connectivity index (χ1) is 11.1. The van der Waals surface area contributed by atoms with E-state index >= 15 is 0 Å². The molecule has 0 aromatic heterocycles. The number of benzene rings is 1. The van der Waals surface area contributed by atoms with Crippen LogP contribution in [0.25, 0.3) is 11.1 Å². The average Bonchev–Trinajstić information content (AvgIpc) is 2.55. The molecule has 1 unspecified atom stereocenters. The van der Waals surface area contributed by atoms with E-state index in [4.69, 9.17) is 9.84 Å². The Balaban J connectivity index is 0.00000169. The van der Waals surface area contributed by atoms with Crippen molar-refractivity contribution in [1.29, 1.82) is 0 Å².